The summed E-state index contributed by atoms with van der Waals surface area (Å²) in [6.45, 7) is 38.5. The Morgan fingerprint density at radius 2 is 1.44 bits per heavy atom. The van der Waals surface area contributed by atoms with Crippen LogP contribution >= 0.6 is 0 Å². The minimum atomic E-state index is -2.55. The van der Waals surface area contributed by atoms with Crippen LogP contribution in [0.25, 0.3) is 0 Å². The highest BCUT2D eigenvalue weighted by Crippen LogP contribution is 2.44. The zero-order chi connectivity index (χ0) is 54.3. The van der Waals surface area contributed by atoms with Gasteiger partial charge in [0.25, 0.3) is 11.7 Å². The monoisotopic (exact) mass is 1050 g/mol. The number of carbonyl (C=O) groups is 4. The van der Waals surface area contributed by atoms with Crippen molar-refractivity contribution in [3.8, 4) is 0 Å². The molecule has 0 radical (unpaired) electrons. The molecule has 1 aliphatic carbocycles. The fraction of sp³-hybridized carbons (Fsp3) is 0.825. The molecule has 0 aromatic heterocycles. The Balaban J connectivity index is 1.89. The van der Waals surface area contributed by atoms with Gasteiger partial charge in [0.2, 0.25) is 5.79 Å². The van der Waals surface area contributed by atoms with Crippen LogP contribution in [0.2, 0.25) is 36.3 Å². The van der Waals surface area contributed by atoms with Gasteiger partial charge >= 0.3 is 5.97 Å². The normalized spacial score (nSPS) is 35.2. The molecule has 4 rings (SSSR count). The molecule has 72 heavy (non-hydrogen) atoms. The molecule has 2 saturated heterocycles. The van der Waals surface area contributed by atoms with Gasteiger partial charge in [0.15, 0.2) is 16.6 Å². The van der Waals surface area contributed by atoms with Crippen molar-refractivity contribution in [2.24, 2.45) is 29.6 Å². The van der Waals surface area contributed by atoms with Crippen LogP contribution in [0.3, 0.4) is 0 Å². The number of hydrogen-bond donors (Lipinski definition) is 1. The number of rotatable bonds is 12. The van der Waals surface area contributed by atoms with E-state index in [0.717, 1.165) is 24.0 Å². The number of allylic oxidation sites excluding steroid dienone is 3. The summed E-state index contributed by atoms with van der Waals surface area (Å²) in [5.41, 5.74) is 1.87. The Labute approximate surface area is 437 Å². The molecule has 0 spiro atoms. The lowest BCUT2D eigenvalue weighted by atomic mass is 9.81. The van der Waals surface area contributed by atoms with Gasteiger partial charge in [-0.3, -0.25) is 14.4 Å². The molecule has 1 saturated carbocycles. The molecule has 4 aliphatic rings. The number of amides is 1. The molecule has 2 bridgehead atoms. The average molecular weight is 1050 g/mol. The fourth-order valence-electron chi connectivity index (χ4n) is 10.9. The van der Waals surface area contributed by atoms with Crippen LogP contribution < -0.4 is 0 Å². The van der Waals surface area contributed by atoms with E-state index in [1.807, 2.05) is 27.7 Å². The number of esters is 1. The van der Waals surface area contributed by atoms with E-state index in [1.165, 1.54) is 4.90 Å². The number of fused-ring (bicyclic) bond motifs is 3. The summed E-state index contributed by atoms with van der Waals surface area (Å²) >= 11 is 0. The maximum atomic E-state index is 15.1. The third-order valence-electron chi connectivity index (χ3n) is 17.5. The minimum absolute atomic E-state index is 0.0250. The van der Waals surface area contributed by atoms with Gasteiger partial charge in [-0.25, -0.2) is 4.79 Å². The zero-order valence-electron chi connectivity index (χ0n) is 48.0. The van der Waals surface area contributed by atoms with E-state index in [9.17, 15) is 19.5 Å². The van der Waals surface area contributed by atoms with Gasteiger partial charge in [0.1, 0.15) is 24.0 Å². The summed E-state index contributed by atoms with van der Waals surface area (Å²) in [6, 6.07) is -1.11. The van der Waals surface area contributed by atoms with Crippen LogP contribution in [0.4, 0.5) is 0 Å². The number of cyclic esters (lactones) is 1. The van der Waals surface area contributed by atoms with Gasteiger partial charge < -0.3 is 42.5 Å². The molecule has 412 valence electrons. The Kier molecular flexibility index (Phi) is 22.2. The van der Waals surface area contributed by atoms with Gasteiger partial charge in [-0.05, 0) is 132 Å². The Morgan fingerprint density at radius 1 is 0.847 bits per heavy atom. The quantitative estimate of drug-likeness (QED) is 0.0855. The molecule has 0 aromatic rings. The summed E-state index contributed by atoms with van der Waals surface area (Å²) in [7, 11) is -1.56. The van der Waals surface area contributed by atoms with Gasteiger partial charge in [-0.2, -0.15) is 0 Å². The molecule has 1 N–H and O–H groups in total. The topological polar surface area (TPSA) is 156 Å². The number of carbonyl (C=O) groups excluding carboxylic acids is 4. The van der Waals surface area contributed by atoms with E-state index >= 15 is 4.79 Å². The number of piperidine rings is 1. The SMILES string of the molecule is C=CCOC1CC(C=C(C)C2OC(=O)C3CCCCN3C(=O)C(=O)C3(O)OC(C(OC)CC(C)CC(C)=CC(CC)C(=O)CC(O[Si](C)(C)C(C)(C)C)C2C)C(OC)CC3C)CCC1O[Si](C)(C)C(C)(C)C. The largest absolute Gasteiger partial charge is 0.456 e. The van der Waals surface area contributed by atoms with Crippen molar-refractivity contribution in [2.45, 2.75) is 245 Å². The lowest BCUT2D eigenvalue weighted by Gasteiger charge is -2.47. The Bertz CT molecular complexity index is 1920. The molecular weight excluding hydrogens is 947 g/mol. The van der Waals surface area contributed by atoms with Crippen molar-refractivity contribution in [3.05, 3.63) is 36.0 Å². The van der Waals surface area contributed by atoms with E-state index < -0.39 is 88.5 Å². The maximum Gasteiger partial charge on any atom is 0.329 e. The summed E-state index contributed by atoms with van der Waals surface area (Å²) in [6.07, 6.45) is 8.16. The van der Waals surface area contributed by atoms with E-state index in [-0.39, 0.29) is 71.6 Å². The van der Waals surface area contributed by atoms with E-state index in [1.54, 1.807) is 27.2 Å². The van der Waals surface area contributed by atoms with Crippen LogP contribution in [0.15, 0.2) is 36.0 Å². The highest BCUT2D eigenvalue weighted by molar-refractivity contribution is 6.74. The van der Waals surface area contributed by atoms with Gasteiger partial charge in [0, 0.05) is 44.9 Å². The third-order valence-corrected chi connectivity index (χ3v) is 26.5. The first kappa shape index (κ1) is 62.2. The lowest BCUT2D eigenvalue weighted by molar-refractivity contribution is -0.302. The number of methoxy groups -OCH3 is 2. The molecule has 3 fully saturated rings. The summed E-state index contributed by atoms with van der Waals surface area (Å²) in [4.78, 5) is 60.5. The zero-order valence-corrected chi connectivity index (χ0v) is 50.0. The van der Waals surface area contributed by atoms with Crippen LogP contribution in [-0.2, 0) is 51.7 Å². The second-order valence-corrected chi connectivity index (χ2v) is 34.8. The summed E-state index contributed by atoms with van der Waals surface area (Å²) in [5, 5.41) is 12.1. The molecule has 3 aliphatic heterocycles. The molecule has 14 atom stereocenters. The van der Waals surface area contributed by atoms with Crippen molar-refractivity contribution in [3.63, 3.8) is 0 Å². The van der Waals surface area contributed by atoms with Gasteiger partial charge in [-0.15, -0.1) is 6.58 Å². The number of ketones is 2. The first-order valence-electron chi connectivity index (χ1n) is 27.3. The van der Waals surface area contributed by atoms with Gasteiger partial charge in [0.05, 0.1) is 37.1 Å². The number of ether oxygens (including phenoxy) is 5. The molecule has 14 unspecified atom stereocenters. The maximum absolute atomic E-state index is 15.1. The highest BCUT2D eigenvalue weighted by atomic mass is 28.4. The number of nitrogens with zero attached hydrogens (tertiary/aromatic N) is 1. The second-order valence-electron chi connectivity index (χ2n) is 25.2. The summed E-state index contributed by atoms with van der Waals surface area (Å²) in [5.74, 6) is -6.81. The van der Waals surface area contributed by atoms with Crippen molar-refractivity contribution >= 4 is 40.1 Å². The highest BCUT2D eigenvalue weighted by Gasteiger charge is 2.57. The second kappa shape index (κ2) is 25.7. The van der Waals surface area contributed by atoms with Crippen LogP contribution in [0, 0.1) is 29.6 Å². The van der Waals surface area contributed by atoms with Crippen molar-refractivity contribution in [1.29, 1.82) is 0 Å². The number of hydrogen-bond acceptors (Lipinski definition) is 12. The van der Waals surface area contributed by atoms with Crippen LogP contribution in [0.5, 0.6) is 0 Å². The van der Waals surface area contributed by atoms with E-state index in [2.05, 4.69) is 93.4 Å². The first-order valence-corrected chi connectivity index (χ1v) is 33.2. The van der Waals surface area contributed by atoms with E-state index in [0.29, 0.717) is 45.1 Å². The molecule has 0 aromatic carbocycles. The first-order chi connectivity index (χ1) is 33.4. The van der Waals surface area contributed by atoms with Crippen molar-refractivity contribution < 1.29 is 56.8 Å². The Morgan fingerprint density at radius 3 is 2.01 bits per heavy atom. The molecule has 3 heterocycles. The number of aliphatic hydroxyl groups is 1. The third kappa shape index (κ3) is 15.2. The number of Topliss-reactive ketones (excluding diaryl/α,β-unsaturated/α-hetero) is 2. The Hall–Kier alpha value is -2.35. The lowest BCUT2D eigenvalue weighted by Crippen LogP contribution is -2.64. The molecule has 13 nitrogen and oxygen atoms in total. The average Bonchev–Trinajstić information content (AvgIpc) is 3.30. The van der Waals surface area contributed by atoms with E-state index in [4.69, 9.17) is 32.5 Å². The summed E-state index contributed by atoms with van der Waals surface area (Å²) < 4.78 is 45.9. The van der Waals surface area contributed by atoms with Crippen LogP contribution in [0.1, 0.15) is 154 Å². The van der Waals surface area contributed by atoms with Crippen molar-refractivity contribution in [1.82, 2.24) is 4.90 Å². The molecule has 15 heteroatoms. The smallest absolute Gasteiger partial charge is 0.329 e. The predicted molar refractivity (Wildman–Crippen MR) is 289 cm³/mol. The standard InChI is InChI=1S/C57H99NO12Si2/c1-20-28-66-47-34-41(25-26-45(47)69-71(16,17)55(8,9)10)32-38(5)50-40(7)46(70-72(18,19)56(11,12)13)35-44(59)42(21-2)30-36(3)29-37(4)31-48(64-14)51-49(65-15)33-39(6)57(63,68-51)52(60)53(61)58-27-23-22-24-43(58)54(62)67-50/h20,30,32,37,39-43,45-51,63H,1,21-29,31,33-35H2,2-19H3. The van der Waals surface area contributed by atoms with Gasteiger partial charge in [-0.1, -0.05) is 93.0 Å². The molecular formula is C57H99NO12Si2. The van der Waals surface area contributed by atoms with Crippen molar-refractivity contribution in [2.75, 3.05) is 27.4 Å². The minimum Gasteiger partial charge on any atom is -0.456 e. The fourth-order valence-corrected chi connectivity index (χ4v) is 13.7. The predicted octanol–water partition coefficient (Wildman–Crippen LogP) is 11.1. The molecule has 1 amide bonds. The van der Waals surface area contributed by atoms with Crippen LogP contribution in [-0.4, -0.2) is 132 Å².